The van der Waals surface area contributed by atoms with Crippen molar-refractivity contribution >= 4 is 27.7 Å². The van der Waals surface area contributed by atoms with Crippen LogP contribution in [0.3, 0.4) is 0 Å². The Labute approximate surface area is 174 Å². The number of sulfonamides is 1. The fraction of sp³-hybridized carbons (Fsp3) is 0.500. The van der Waals surface area contributed by atoms with Gasteiger partial charge in [0, 0.05) is 25.4 Å². The molecule has 1 aliphatic heterocycles. The summed E-state index contributed by atoms with van der Waals surface area (Å²) in [5.41, 5.74) is 0. The van der Waals surface area contributed by atoms with E-state index in [1.807, 2.05) is 6.92 Å². The van der Waals surface area contributed by atoms with Crippen molar-refractivity contribution in [3.8, 4) is 5.75 Å². The molecule has 1 fully saturated rings. The van der Waals surface area contributed by atoms with Crippen LogP contribution in [0.2, 0.25) is 0 Å². The van der Waals surface area contributed by atoms with E-state index in [1.165, 1.54) is 35.3 Å². The molecule has 0 radical (unpaired) electrons. The first kappa shape index (κ1) is 21.6. The largest absolute Gasteiger partial charge is 0.497 e. The van der Waals surface area contributed by atoms with Crippen LogP contribution in [0.4, 0.5) is 0 Å². The fourth-order valence-corrected chi connectivity index (χ4v) is 5.34. The van der Waals surface area contributed by atoms with E-state index in [4.69, 9.17) is 4.74 Å². The van der Waals surface area contributed by atoms with Gasteiger partial charge in [0.25, 0.3) is 0 Å². The van der Waals surface area contributed by atoms with E-state index >= 15 is 0 Å². The topological polar surface area (TPSA) is 117 Å². The van der Waals surface area contributed by atoms with E-state index in [1.54, 1.807) is 12.1 Å². The molecule has 1 saturated heterocycles. The molecule has 158 valence electrons. The highest BCUT2D eigenvalue weighted by Crippen LogP contribution is 2.25. The van der Waals surface area contributed by atoms with Crippen molar-refractivity contribution in [3.05, 3.63) is 30.1 Å². The smallest absolute Gasteiger partial charge is 0.243 e. The van der Waals surface area contributed by atoms with Crippen LogP contribution in [0.5, 0.6) is 5.75 Å². The average molecular weight is 440 g/mol. The van der Waals surface area contributed by atoms with Crippen LogP contribution in [0.15, 0.2) is 34.3 Å². The number of thioether (sulfide) groups is 1. The molecule has 0 unspecified atom stereocenters. The summed E-state index contributed by atoms with van der Waals surface area (Å²) in [5, 5.41) is 10.3. The highest BCUT2D eigenvalue weighted by atomic mass is 32.2. The number of rotatable bonds is 8. The molecule has 1 atom stereocenters. The summed E-state index contributed by atoms with van der Waals surface area (Å²) >= 11 is 1.45. The van der Waals surface area contributed by atoms with E-state index in [0.29, 0.717) is 42.6 Å². The zero-order valence-corrected chi connectivity index (χ0v) is 18.1. The van der Waals surface area contributed by atoms with E-state index in [9.17, 15) is 13.2 Å². The Bertz CT molecular complexity index is 930. The van der Waals surface area contributed by atoms with Gasteiger partial charge in [-0.2, -0.15) is 4.31 Å². The number of benzene rings is 1. The Morgan fingerprint density at radius 1 is 1.38 bits per heavy atom. The Morgan fingerprint density at radius 2 is 2.14 bits per heavy atom. The minimum atomic E-state index is -3.64. The molecule has 11 heteroatoms. The van der Waals surface area contributed by atoms with Crippen molar-refractivity contribution < 1.29 is 17.9 Å². The Balaban J connectivity index is 1.52. The number of nitrogens with one attached hydrogen (secondary N) is 2. The molecular formula is C18H25N5O4S2. The molecule has 1 amide bonds. The average Bonchev–Trinajstić information content (AvgIpc) is 3.16. The number of nitrogens with zero attached hydrogens (tertiary/aromatic N) is 3. The number of aryl methyl sites for hydroxylation is 1. The quantitative estimate of drug-likeness (QED) is 0.472. The number of ether oxygens (including phenoxy) is 1. The second-order valence-electron chi connectivity index (χ2n) is 6.72. The van der Waals surface area contributed by atoms with Crippen molar-refractivity contribution in [2.24, 2.45) is 5.92 Å². The van der Waals surface area contributed by atoms with Gasteiger partial charge in [-0.25, -0.2) is 13.4 Å². The zero-order chi connectivity index (χ0) is 20.9. The molecule has 0 spiro atoms. The number of carbonyl (C=O) groups excluding carboxylic acids is 1. The molecule has 3 rings (SSSR count). The molecule has 0 aliphatic carbocycles. The van der Waals surface area contributed by atoms with Crippen LogP contribution in [0.1, 0.15) is 18.7 Å². The molecule has 1 aliphatic rings. The Hall–Kier alpha value is -2.11. The lowest BCUT2D eigenvalue weighted by atomic mass is 9.99. The van der Waals surface area contributed by atoms with Crippen molar-refractivity contribution in [2.75, 3.05) is 32.5 Å². The second-order valence-corrected chi connectivity index (χ2v) is 9.72. The minimum Gasteiger partial charge on any atom is -0.497 e. The van der Waals surface area contributed by atoms with E-state index in [-0.39, 0.29) is 23.3 Å². The lowest BCUT2D eigenvalue weighted by Crippen LogP contribution is -2.45. The number of aromatic nitrogens is 3. The monoisotopic (exact) mass is 439 g/mol. The summed E-state index contributed by atoms with van der Waals surface area (Å²) in [6.45, 7) is 2.90. The molecule has 2 N–H and O–H groups in total. The molecule has 9 nitrogen and oxygen atoms in total. The van der Waals surface area contributed by atoms with Gasteiger partial charge < -0.3 is 10.1 Å². The second kappa shape index (κ2) is 9.59. The van der Waals surface area contributed by atoms with Gasteiger partial charge >= 0.3 is 0 Å². The first-order valence-electron chi connectivity index (χ1n) is 9.34. The van der Waals surface area contributed by atoms with Crippen LogP contribution >= 0.6 is 11.8 Å². The van der Waals surface area contributed by atoms with Gasteiger partial charge in [0.2, 0.25) is 21.1 Å². The predicted octanol–water partition coefficient (Wildman–Crippen LogP) is 1.43. The maximum atomic E-state index is 12.9. The van der Waals surface area contributed by atoms with Crippen LogP contribution in [0.25, 0.3) is 0 Å². The standard InChI is InChI=1S/C18H25N5O4S2/c1-13-20-18(22-21-13)28-11-9-19-17(24)14-4-3-10-23(12-14)29(25,26)16-7-5-15(27-2)6-8-16/h5-8,14H,3-4,9-12H2,1-2H3,(H,19,24)(H,20,21,22)/t14-/m0/s1. The third-order valence-electron chi connectivity index (χ3n) is 4.66. The fourth-order valence-electron chi connectivity index (χ4n) is 3.12. The number of hydrogen-bond donors (Lipinski definition) is 2. The number of aromatic amines is 1. The highest BCUT2D eigenvalue weighted by molar-refractivity contribution is 7.99. The molecule has 29 heavy (non-hydrogen) atoms. The van der Waals surface area contributed by atoms with Crippen molar-refractivity contribution in [1.29, 1.82) is 0 Å². The lowest BCUT2D eigenvalue weighted by molar-refractivity contribution is -0.125. The third kappa shape index (κ3) is 5.49. The van der Waals surface area contributed by atoms with Gasteiger partial charge in [-0.3, -0.25) is 9.89 Å². The number of H-pyrrole nitrogens is 1. The normalized spacial score (nSPS) is 17.8. The third-order valence-corrected chi connectivity index (χ3v) is 7.39. The molecule has 1 aromatic carbocycles. The van der Waals surface area contributed by atoms with Gasteiger partial charge in [-0.05, 0) is 44.0 Å². The number of piperidine rings is 1. The van der Waals surface area contributed by atoms with Crippen molar-refractivity contribution in [3.63, 3.8) is 0 Å². The zero-order valence-electron chi connectivity index (χ0n) is 16.4. The van der Waals surface area contributed by atoms with E-state index in [2.05, 4.69) is 20.5 Å². The number of methoxy groups -OCH3 is 1. The number of carbonyl (C=O) groups is 1. The SMILES string of the molecule is COc1ccc(S(=O)(=O)N2CCC[C@H](C(=O)NCCSc3n[nH]c(C)n3)C2)cc1. The predicted molar refractivity (Wildman–Crippen MR) is 109 cm³/mol. The first-order chi connectivity index (χ1) is 13.9. The van der Waals surface area contributed by atoms with Gasteiger partial charge in [0.05, 0.1) is 17.9 Å². The Kier molecular flexibility index (Phi) is 7.14. The van der Waals surface area contributed by atoms with Gasteiger partial charge in [0.1, 0.15) is 11.6 Å². The Morgan fingerprint density at radius 3 is 2.79 bits per heavy atom. The summed E-state index contributed by atoms with van der Waals surface area (Å²) in [6, 6.07) is 6.29. The molecule has 2 heterocycles. The van der Waals surface area contributed by atoms with Crippen LogP contribution in [-0.4, -0.2) is 66.3 Å². The molecule has 0 bridgehead atoms. The van der Waals surface area contributed by atoms with Crippen molar-refractivity contribution in [1.82, 2.24) is 24.8 Å². The minimum absolute atomic E-state index is 0.119. The highest BCUT2D eigenvalue weighted by Gasteiger charge is 2.33. The maximum absolute atomic E-state index is 12.9. The molecule has 0 saturated carbocycles. The van der Waals surface area contributed by atoms with E-state index in [0.717, 1.165) is 5.82 Å². The van der Waals surface area contributed by atoms with Crippen LogP contribution < -0.4 is 10.1 Å². The number of amides is 1. The summed E-state index contributed by atoms with van der Waals surface area (Å²) in [6.07, 6.45) is 1.33. The van der Waals surface area contributed by atoms with Crippen LogP contribution in [0, 0.1) is 12.8 Å². The van der Waals surface area contributed by atoms with Gasteiger partial charge in [-0.1, -0.05) is 11.8 Å². The summed E-state index contributed by atoms with van der Waals surface area (Å²) in [4.78, 5) is 16.9. The lowest BCUT2D eigenvalue weighted by Gasteiger charge is -2.31. The van der Waals surface area contributed by atoms with Gasteiger partial charge in [0.15, 0.2) is 0 Å². The maximum Gasteiger partial charge on any atom is 0.243 e. The van der Waals surface area contributed by atoms with Crippen LogP contribution in [-0.2, 0) is 14.8 Å². The molecule has 2 aromatic rings. The van der Waals surface area contributed by atoms with Crippen molar-refractivity contribution in [2.45, 2.75) is 29.8 Å². The summed E-state index contributed by atoms with van der Waals surface area (Å²) < 4.78 is 32.3. The molecule has 1 aromatic heterocycles. The van der Waals surface area contributed by atoms with E-state index < -0.39 is 10.0 Å². The van der Waals surface area contributed by atoms with Gasteiger partial charge in [-0.15, -0.1) is 5.10 Å². The molecular weight excluding hydrogens is 414 g/mol. The first-order valence-corrected chi connectivity index (χ1v) is 11.8. The summed E-state index contributed by atoms with van der Waals surface area (Å²) in [5.74, 6) is 1.51. The number of hydrogen-bond acceptors (Lipinski definition) is 7. The summed E-state index contributed by atoms with van der Waals surface area (Å²) in [7, 11) is -2.11.